The highest BCUT2D eigenvalue weighted by atomic mass is 32.2. The average Bonchev–Trinajstić information content (AvgIpc) is 3.46. The second kappa shape index (κ2) is 10.9. The summed E-state index contributed by atoms with van der Waals surface area (Å²) in [4.78, 5) is 10.3. The molecule has 0 saturated heterocycles. The zero-order chi connectivity index (χ0) is 30.3. The van der Waals surface area contributed by atoms with Crippen molar-refractivity contribution in [2.75, 3.05) is 6.26 Å². The normalized spacial score (nSPS) is 12.8. The van der Waals surface area contributed by atoms with Crippen molar-refractivity contribution in [3.8, 4) is 17.2 Å². The molecule has 3 aromatic carbocycles. The summed E-state index contributed by atoms with van der Waals surface area (Å²) in [6, 6.07) is 25.2. The minimum Gasteiger partial charge on any atom is -0.385 e. The SMILES string of the molecule is CC(C)(O)c1cnc(C(=Cc2cccc(-c3cc(C(C)(C)C#N)cc4cccnc34)c2)c2ccc(S(C)(=O)=O)cc2)s1. The van der Waals surface area contributed by atoms with E-state index in [4.69, 9.17) is 0 Å². The summed E-state index contributed by atoms with van der Waals surface area (Å²) in [6.45, 7) is 7.26. The van der Waals surface area contributed by atoms with Gasteiger partial charge in [-0.3, -0.25) is 4.98 Å². The van der Waals surface area contributed by atoms with Crippen molar-refractivity contribution < 1.29 is 13.5 Å². The number of fused-ring (bicyclic) bond motifs is 1. The molecule has 0 unspecified atom stereocenters. The van der Waals surface area contributed by atoms with Crippen LogP contribution in [0.4, 0.5) is 0 Å². The third-order valence-corrected chi connectivity index (χ3v) is 9.62. The summed E-state index contributed by atoms with van der Waals surface area (Å²) in [6.07, 6.45) is 6.65. The molecule has 5 aromatic rings. The fourth-order valence-corrected chi connectivity index (χ4v) is 6.22. The number of hydrogen-bond donors (Lipinski definition) is 1. The Morgan fingerprint density at radius 2 is 1.71 bits per heavy atom. The van der Waals surface area contributed by atoms with Crippen LogP contribution in [0.25, 0.3) is 33.7 Å². The first-order chi connectivity index (χ1) is 19.8. The van der Waals surface area contributed by atoms with Crippen LogP contribution in [0.5, 0.6) is 0 Å². The van der Waals surface area contributed by atoms with Gasteiger partial charge in [-0.05, 0) is 92.4 Å². The van der Waals surface area contributed by atoms with Gasteiger partial charge in [-0.25, -0.2) is 13.4 Å². The molecule has 2 heterocycles. The van der Waals surface area contributed by atoms with Crippen LogP contribution in [0.15, 0.2) is 90.1 Å². The van der Waals surface area contributed by atoms with Gasteiger partial charge in [-0.15, -0.1) is 11.3 Å². The zero-order valence-corrected chi connectivity index (χ0v) is 25.7. The number of benzene rings is 3. The second-order valence-electron chi connectivity index (χ2n) is 11.4. The molecular formula is C34H31N3O3S2. The van der Waals surface area contributed by atoms with Gasteiger partial charge in [0.05, 0.1) is 32.4 Å². The van der Waals surface area contributed by atoms with Crippen molar-refractivity contribution in [3.05, 3.63) is 112 Å². The van der Waals surface area contributed by atoms with Crippen molar-refractivity contribution in [2.45, 2.75) is 43.6 Å². The van der Waals surface area contributed by atoms with Gasteiger partial charge in [0.2, 0.25) is 0 Å². The Morgan fingerprint density at radius 1 is 0.976 bits per heavy atom. The molecule has 0 amide bonds. The van der Waals surface area contributed by atoms with E-state index in [1.54, 1.807) is 50.5 Å². The first kappa shape index (κ1) is 29.3. The lowest BCUT2D eigenvalue weighted by atomic mass is 9.83. The number of sulfone groups is 1. The topological polar surface area (TPSA) is 104 Å². The van der Waals surface area contributed by atoms with Gasteiger partial charge in [-0.2, -0.15) is 5.26 Å². The summed E-state index contributed by atoms with van der Waals surface area (Å²) in [7, 11) is -3.35. The Kier molecular flexibility index (Phi) is 7.62. The number of nitrogens with zero attached hydrogens (tertiary/aromatic N) is 3. The fraction of sp³-hybridized carbons (Fsp3) is 0.206. The van der Waals surface area contributed by atoms with Gasteiger partial charge in [0, 0.05) is 35.2 Å². The van der Waals surface area contributed by atoms with Gasteiger partial charge in [0.25, 0.3) is 0 Å². The standard InChI is InChI=1S/C34H31N3O3S2/c1-33(2,21-35)26-18-25-10-7-15-36-31(25)28(19-26)24-9-6-8-22(16-24)17-29(32-37-20-30(41-32)34(3,4)38)23-11-13-27(14-12-23)42(5,39)40/h6-20,38H,1-5H3. The maximum absolute atomic E-state index is 12.1. The first-order valence-corrected chi connectivity index (χ1v) is 16.1. The van der Waals surface area contributed by atoms with Crippen molar-refractivity contribution in [1.82, 2.24) is 9.97 Å². The molecule has 0 spiro atoms. The smallest absolute Gasteiger partial charge is 0.175 e. The van der Waals surface area contributed by atoms with Crippen LogP contribution in [0.2, 0.25) is 0 Å². The summed E-state index contributed by atoms with van der Waals surface area (Å²) in [5.74, 6) is 0. The van der Waals surface area contributed by atoms with Crippen LogP contribution in [0.3, 0.4) is 0 Å². The Hall–Kier alpha value is -4.16. The number of nitriles is 1. The van der Waals surface area contributed by atoms with E-state index in [0.29, 0.717) is 5.01 Å². The molecule has 0 aliphatic heterocycles. The molecule has 2 aromatic heterocycles. The van der Waals surface area contributed by atoms with Crippen molar-refractivity contribution in [3.63, 3.8) is 0 Å². The number of thiazole rings is 1. The van der Waals surface area contributed by atoms with Crippen LogP contribution in [-0.4, -0.2) is 29.7 Å². The van der Waals surface area contributed by atoms with Gasteiger partial charge in [0.1, 0.15) is 5.01 Å². The van der Waals surface area contributed by atoms with Gasteiger partial charge in [0.15, 0.2) is 9.84 Å². The monoisotopic (exact) mass is 593 g/mol. The number of rotatable bonds is 7. The van der Waals surface area contributed by atoms with Gasteiger partial charge in [-0.1, -0.05) is 36.4 Å². The van der Waals surface area contributed by atoms with Crippen molar-refractivity contribution >= 4 is 43.7 Å². The number of aromatic nitrogens is 2. The summed E-state index contributed by atoms with van der Waals surface area (Å²) >= 11 is 1.39. The van der Waals surface area contributed by atoms with Crippen LogP contribution in [0.1, 0.15) is 54.3 Å². The van der Waals surface area contributed by atoms with E-state index in [-0.39, 0.29) is 4.90 Å². The molecule has 0 fully saturated rings. The fourth-order valence-electron chi connectivity index (χ4n) is 4.63. The van der Waals surface area contributed by atoms with Crippen molar-refractivity contribution in [2.24, 2.45) is 0 Å². The van der Waals surface area contributed by atoms with Crippen LogP contribution < -0.4 is 0 Å². The predicted molar refractivity (Wildman–Crippen MR) is 170 cm³/mol. The third kappa shape index (κ3) is 6.04. The number of aliphatic hydroxyl groups is 1. The van der Waals surface area contributed by atoms with Crippen molar-refractivity contribution in [1.29, 1.82) is 5.26 Å². The minimum absolute atomic E-state index is 0.239. The first-order valence-electron chi connectivity index (χ1n) is 13.4. The molecule has 0 radical (unpaired) electrons. The van der Waals surface area contributed by atoms with Gasteiger partial charge < -0.3 is 5.11 Å². The maximum atomic E-state index is 12.1. The van der Waals surface area contributed by atoms with Gasteiger partial charge >= 0.3 is 0 Å². The predicted octanol–water partition coefficient (Wildman–Crippen LogP) is 7.38. The molecule has 6 nitrogen and oxygen atoms in total. The Balaban J connectivity index is 1.68. The molecule has 5 rings (SSSR count). The molecule has 0 bridgehead atoms. The summed E-state index contributed by atoms with van der Waals surface area (Å²) in [5.41, 5.74) is 4.43. The Bertz CT molecular complexity index is 1980. The molecule has 0 saturated carbocycles. The molecule has 8 heteroatoms. The van der Waals surface area contributed by atoms with Crippen LogP contribution >= 0.6 is 11.3 Å². The lowest BCUT2D eigenvalue weighted by Gasteiger charge is -2.19. The average molecular weight is 594 g/mol. The lowest BCUT2D eigenvalue weighted by molar-refractivity contribution is 0.0823. The molecule has 212 valence electrons. The molecule has 0 aliphatic carbocycles. The second-order valence-corrected chi connectivity index (χ2v) is 14.5. The molecule has 1 N–H and O–H groups in total. The van der Waals surface area contributed by atoms with E-state index in [0.717, 1.165) is 49.2 Å². The van der Waals surface area contributed by atoms with Crippen LogP contribution in [0, 0.1) is 11.3 Å². The highest BCUT2D eigenvalue weighted by Gasteiger charge is 2.23. The Labute approximate surface area is 250 Å². The van der Waals surface area contributed by atoms with E-state index in [2.05, 4.69) is 22.1 Å². The highest BCUT2D eigenvalue weighted by molar-refractivity contribution is 7.90. The minimum atomic E-state index is -3.35. The van der Waals surface area contributed by atoms with Crippen LogP contribution in [-0.2, 0) is 20.9 Å². The maximum Gasteiger partial charge on any atom is 0.175 e. The number of hydrogen-bond acceptors (Lipinski definition) is 7. The summed E-state index contributed by atoms with van der Waals surface area (Å²) < 4.78 is 24.2. The highest BCUT2D eigenvalue weighted by Crippen LogP contribution is 2.36. The molecule has 0 aliphatic rings. The molecule has 0 atom stereocenters. The number of pyridine rings is 1. The lowest BCUT2D eigenvalue weighted by Crippen LogP contribution is -2.14. The quantitative estimate of drug-likeness (QED) is 0.198. The largest absolute Gasteiger partial charge is 0.385 e. The van der Waals surface area contributed by atoms with E-state index >= 15 is 0 Å². The third-order valence-electron chi connectivity index (χ3n) is 7.15. The Morgan fingerprint density at radius 3 is 2.36 bits per heavy atom. The molecular weight excluding hydrogens is 563 g/mol. The van der Waals surface area contributed by atoms with E-state index < -0.39 is 20.9 Å². The van der Waals surface area contributed by atoms with E-state index in [9.17, 15) is 18.8 Å². The van der Waals surface area contributed by atoms with E-state index in [1.165, 1.54) is 17.6 Å². The molecule has 42 heavy (non-hydrogen) atoms. The van der Waals surface area contributed by atoms with E-state index in [1.807, 2.05) is 62.4 Å². The summed E-state index contributed by atoms with van der Waals surface area (Å²) in [5, 5.41) is 22.1. The zero-order valence-electron chi connectivity index (χ0n) is 24.1.